The minimum absolute atomic E-state index is 0.0697. The minimum atomic E-state index is -0.0697. The molecule has 1 fully saturated rings. The predicted molar refractivity (Wildman–Crippen MR) is 102 cm³/mol. The molecule has 0 aliphatic carbocycles. The first-order valence-electron chi connectivity index (χ1n) is 8.81. The van der Waals surface area contributed by atoms with Gasteiger partial charge in [-0.15, -0.1) is 0 Å². The lowest BCUT2D eigenvalue weighted by atomic mass is 10.1. The Balaban J connectivity index is 1.82. The van der Waals surface area contributed by atoms with E-state index in [9.17, 15) is 4.79 Å². The Morgan fingerprint density at radius 3 is 3.04 bits per heavy atom. The van der Waals surface area contributed by atoms with Gasteiger partial charge in [0.2, 0.25) is 0 Å². The van der Waals surface area contributed by atoms with Gasteiger partial charge in [-0.25, -0.2) is 0 Å². The lowest BCUT2D eigenvalue weighted by molar-refractivity contribution is 0.155. The first-order chi connectivity index (χ1) is 12.5. The first kappa shape index (κ1) is 16.8. The summed E-state index contributed by atoms with van der Waals surface area (Å²) in [4.78, 5) is 19.0. The summed E-state index contributed by atoms with van der Waals surface area (Å²) in [5, 5.41) is 3.97. The molecule has 0 aromatic carbocycles. The fraction of sp³-hybridized carbons (Fsp3) is 0.368. The lowest BCUT2D eigenvalue weighted by Crippen LogP contribution is -2.49. The number of nitrogens with one attached hydrogen (secondary N) is 1. The second kappa shape index (κ2) is 6.59. The second-order valence-electron chi connectivity index (χ2n) is 6.90. The number of hydrogen-bond acceptors (Lipinski definition) is 6. The highest BCUT2D eigenvalue weighted by atomic mass is 16.3. The van der Waals surface area contributed by atoms with Gasteiger partial charge in [0, 0.05) is 56.2 Å². The van der Waals surface area contributed by atoms with Crippen LogP contribution in [0.5, 0.6) is 0 Å². The Bertz CT molecular complexity index is 1010. The molecule has 0 bridgehead atoms. The van der Waals surface area contributed by atoms with Gasteiger partial charge in [-0.05, 0) is 19.1 Å². The molecule has 26 heavy (non-hydrogen) atoms. The lowest BCUT2D eigenvalue weighted by Gasteiger charge is -2.33. The van der Waals surface area contributed by atoms with E-state index in [4.69, 9.17) is 10.2 Å². The summed E-state index contributed by atoms with van der Waals surface area (Å²) >= 11 is 0. The third-order valence-corrected chi connectivity index (χ3v) is 5.04. The maximum absolute atomic E-state index is 12.6. The van der Waals surface area contributed by atoms with Crippen molar-refractivity contribution in [3.05, 3.63) is 46.8 Å². The van der Waals surface area contributed by atoms with Crippen LogP contribution in [0.25, 0.3) is 22.1 Å². The minimum Gasteiger partial charge on any atom is -0.459 e. The van der Waals surface area contributed by atoms with Gasteiger partial charge in [0.1, 0.15) is 11.3 Å². The van der Waals surface area contributed by atoms with Crippen molar-refractivity contribution in [2.45, 2.75) is 19.5 Å². The van der Waals surface area contributed by atoms with Crippen molar-refractivity contribution in [1.82, 2.24) is 19.8 Å². The average molecular weight is 353 g/mol. The smallest absolute Gasteiger partial charge is 0.261 e. The van der Waals surface area contributed by atoms with E-state index in [1.54, 1.807) is 30.2 Å². The third kappa shape index (κ3) is 2.89. The zero-order valence-electron chi connectivity index (χ0n) is 15.0. The summed E-state index contributed by atoms with van der Waals surface area (Å²) in [6.07, 6.45) is 5.07. The van der Waals surface area contributed by atoms with Crippen molar-refractivity contribution in [3.8, 4) is 11.1 Å². The van der Waals surface area contributed by atoms with E-state index in [0.29, 0.717) is 29.2 Å². The molecule has 7 nitrogen and oxygen atoms in total. The van der Waals surface area contributed by atoms with Crippen molar-refractivity contribution < 1.29 is 4.42 Å². The zero-order chi connectivity index (χ0) is 18.3. The maximum Gasteiger partial charge on any atom is 0.261 e. The molecule has 0 unspecified atom stereocenters. The van der Waals surface area contributed by atoms with E-state index in [2.05, 4.69) is 22.1 Å². The Kier molecular flexibility index (Phi) is 4.26. The number of piperazine rings is 1. The molecule has 3 aromatic rings. The highest BCUT2D eigenvalue weighted by molar-refractivity contribution is 5.94. The summed E-state index contributed by atoms with van der Waals surface area (Å²) in [6.45, 7) is 5.76. The molecule has 3 aromatic heterocycles. The molecule has 1 saturated heterocycles. The largest absolute Gasteiger partial charge is 0.459 e. The van der Waals surface area contributed by atoms with E-state index < -0.39 is 0 Å². The number of furan rings is 1. The molecule has 7 heteroatoms. The number of anilines is 1. The highest BCUT2D eigenvalue weighted by Crippen LogP contribution is 2.32. The van der Waals surface area contributed by atoms with Gasteiger partial charge in [0.15, 0.2) is 0 Å². The van der Waals surface area contributed by atoms with Crippen LogP contribution in [0.3, 0.4) is 0 Å². The highest BCUT2D eigenvalue weighted by Gasteiger charge is 2.21. The SMILES string of the molecule is C[C@@H]1CNCCN1Cc1cc2c(=O)n(C)cc(-c3ccncc3N)c2o1. The molecule has 0 radical (unpaired) electrons. The molecule has 136 valence electrons. The number of nitrogens with zero attached hydrogens (tertiary/aromatic N) is 3. The van der Waals surface area contributed by atoms with Crippen LogP contribution in [0.15, 0.2) is 39.9 Å². The van der Waals surface area contributed by atoms with Crippen molar-refractivity contribution in [2.75, 3.05) is 25.4 Å². The number of nitrogens with two attached hydrogens (primary N) is 1. The summed E-state index contributed by atoms with van der Waals surface area (Å²) in [5.74, 6) is 0.797. The number of nitrogen functional groups attached to an aromatic ring is 1. The van der Waals surface area contributed by atoms with Crippen molar-refractivity contribution in [1.29, 1.82) is 0 Å². The van der Waals surface area contributed by atoms with E-state index in [1.807, 2.05) is 12.1 Å². The van der Waals surface area contributed by atoms with E-state index >= 15 is 0 Å². The standard InChI is InChI=1S/C19H23N5O2/c1-12-8-22-5-6-24(12)10-13-7-15-18(26-13)16(11-23(2)19(15)25)14-3-4-21-9-17(14)20/h3-4,7,9,11-12,22H,5-6,8,10,20H2,1-2H3/t12-/m1/s1. The van der Waals surface area contributed by atoms with Gasteiger partial charge in [-0.3, -0.25) is 14.7 Å². The predicted octanol–water partition coefficient (Wildman–Crippen LogP) is 1.57. The Hall–Kier alpha value is -2.64. The van der Waals surface area contributed by atoms with E-state index in [1.165, 1.54) is 0 Å². The molecule has 3 N–H and O–H groups in total. The van der Waals surface area contributed by atoms with Crippen molar-refractivity contribution in [3.63, 3.8) is 0 Å². The fourth-order valence-corrected chi connectivity index (χ4v) is 3.54. The van der Waals surface area contributed by atoms with Crippen LogP contribution in [-0.2, 0) is 13.6 Å². The van der Waals surface area contributed by atoms with Crippen LogP contribution in [0, 0.1) is 0 Å². The van der Waals surface area contributed by atoms with Crippen LogP contribution in [0.2, 0.25) is 0 Å². The topological polar surface area (TPSA) is 89.3 Å². The number of aryl methyl sites for hydroxylation is 1. The van der Waals surface area contributed by atoms with Gasteiger partial charge >= 0.3 is 0 Å². The number of pyridine rings is 2. The molecule has 1 aliphatic rings. The normalized spacial score (nSPS) is 18.5. The Morgan fingerprint density at radius 2 is 2.27 bits per heavy atom. The summed E-state index contributed by atoms with van der Waals surface area (Å²) in [7, 11) is 1.74. The van der Waals surface area contributed by atoms with Gasteiger partial charge in [0.05, 0.1) is 23.8 Å². The molecule has 1 atom stereocenters. The number of hydrogen-bond donors (Lipinski definition) is 2. The summed E-state index contributed by atoms with van der Waals surface area (Å²) in [5.41, 5.74) is 8.80. The van der Waals surface area contributed by atoms with Gasteiger partial charge < -0.3 is 20.0 Å². The number of fused-ring (bicyclic) bond motifs is 1. The van der Waals surface area contributed by atoms with Gasteiger partial charge in [0.25, 0.3) is 5.56 Å². The Morgan fingerprint density at radius 1 is 1.42 bits per heavy atom. The quantitative estimate of drug-likeness (QED) is 0.743. The molecule has 0 spiro atoms. The molecular formula is C19H23N5O2. The average Bonchev–Trinajstić information content (AvgIpc) is 3.05. The molecule has 4 rings (SSSR count). The molecule has 1 aliphatic heterocycles. The van der Waals surface area contributed by atoms with Crippen LogP contribution in [0.1, 0.15) is 12.7 Å². The molecule has 0 saturated carbocycles. The van der Waals surface area contributed by atoms with Gasteiger partial charge in [-0.2, -0.15) is 0 Å². The number of rotatable bonds is 3. The van der Waals surface area contributed by atoms with Crippen LogP contribution in [0.4, 0.5) is 5.69 Å². The van der Waals surface area contributed by atoms with Crippen molar-refractivity contribution >= 4 is 16.7 Å². The van der Waals surface area contributed by atoms with Gasteiger partial charge in [-0.1, -0.05) is 0 Å². The fourth-order valence-electron chi connectivity index (χ4n) is 3.54. The van der Waals surface area contributed by atoms with Crippen LogP contribution < -0.4 is 16.6 Å². The monoisotopic (exact) mass is 353 g/mol. The molecular weight excluding hydrogens is 330 g/mol. The van der Waals surface area contributed by atoms with Crippen molar-refractivity contribution in [2.24, 2.45) is 7.05 Å². The van der Waals surface area contributed by atoms with Crippen LogP contribution in [-0.4, -0.2) is 40.1 Å². The molecule has 4 heterocycles. The Labute approximate surface area is 151 Å². The maximum atomic E-state index is 12.6. The van der Waals surface area contributed by atoms with E-state index in [-0.39, 0.29) is 5.56 Å². The second-order valence-corrected chi connectivity index (χ2v) is 6.90. The molecule has 0 amide bonds. The number of aromatic nitrogens is 2. The first-order valence-corrected chi connectivity index (χ1v) is 8.81. The summed E-state index contributed by atoms with van der Waals surface area (Å²) < 4.78 is 7.72. The third-order valence-electron chi connectivity index (χ3n) is 5.04. The summed E-state index contributed by atoms with van der Waals surface area (Å²) in [6, 6.07) is 4.14. The van der Waals surface area contributed by atoms with Crippen LogP contribution >= 0.6 is 0 Å². The zero-order valence-corrected chi connectivity index (χ0v) is 15.0. The van der Waals surface area contributed by atoms with E-state index in [0.717, 1.165) is 36.5 Å².